The van der Waals surface area contributed by atoms with Crippen LogP contribution in [0.2, 0.25) is 0 Å². The van der Waals surface area contributed by atoms with Crippen molar-refractivity contribution < 1.29 is 9.30 Å². The van der Waals surface area contributed by atoms with E-state index < -0.39 is 0 Å². The molecule has 0 N–H and O–H groups in total. The van der Waals surface area contributed by atoms with Gasteiger partial charge in [0.15, 0.2) is 6.20 Å². The van der Waals surface area contributed by atoms with E-state index in [0.29, 0.717) is 0 Å². The zero-order valence-electron chi connectivity index (χ0n) is 24.2. The second-order valence-corrected chi connectivity index (χ2v) is 12.7. The van der Waals surface area contributed by atoms with Gasteiger partial charge in [-0.25, -0.2) is 4.57 Å². The van der Waals surface area contributed by atoms with E-state index in [1.807, 2.05) is 0 Å². The molecule has 0 fully saturated rings. The number of para-hydroxylation sites is 2. The maximum Gasteiger partial charge on any atom is 0.228 e. The summed E-state index contributed by atoms with van der Waals surface area (Å²) < 4.78 is 11.7. The Kier molecular flexibility index (Phi) is 4.98. The predicted octanol–water partition coefficient (Wildman–Crippen LogP) is 9.58. The number of hydrogen-bond donors (Lipinski definition) is 0. The van der Waals surface area contributed by atoms with E-state index in [9.17, 15) is 0 Å². The molecule has 0 bridgehead atoms. The molecule has 3 heterocycles. The molecule has 7 aromatic rings. The fraction of sp³-hybridized carbons (Fsp3) is 0.184. The van der Waals surface area contributed by atoms with E-state index in [0.717, 1.165) is 17.9 Å². The molecule has 3 heteroatoms. The number of hydrogen-bond acceptors (Lipinski definition) is 1. The van der Waals surface area contributed by atoms with E-state index in [1.165, 1.54) is 71.4 Å². The number of nitrogens with zero attached hydrogens (tertiary/aromatic N) is 2. The minimum Gasteiger partial charge on any atom is -0.455 e. The van der Waals surface area contributed by atoms with Crippen LogP contribution >= 0.6 is 0 Å². The largest absolute Gasteiger partial charge is 0.455 e. The lowest BCUT2D eigenvalue weighted by Gasteiger charge is -2.28. The predicted molar refractivity (Wildman–Crippen MR) is 170 cm³/mol. The van der Waals surface area contributed by atoms with Crippen LogP contribution in [-0.2, 0) is 13.5 Å². The molecule has 2 aromatic heterocycles. The van der Waals surface area contributed by atoms with Crippen molar-refractivity contribution in [3.8, 4) is 28.4 Å². The molecule has 0 saturated heterocycles. The first kappa shape index (κ1) is 24.2. The fourth-order valence-electron chi connectivity index (χ4n) is 7.07. The highest BCUT2D eigenvalue weighted by Gasteiger charge is 2.34. The molecule has 0 spiro atoms. The van der Waals surface area contributed by atoms with Crippen LogP contribution in [0.25, 0.3) is 60.3 Å². The maximum absolute atomic E-state index is 7.00. The van der Waals surface area contributed by atoms with Crippen LogP contribution < -0.4 is 9.30 Å². The average Bonchev–Trinajstić information content (AvgIpc) is 3.30. The number of ether oxygens (including phenoxy) is 1. The van der Waals surface area contributed by atoms with Gasteiger partial charge in [-0.3, -0.25) is 0 Å². The zero-order chi connectivity index (χ0) is 28.0. The highest BCUT2D eigenvalue weighted by Crippen LogP contribution is 2.52. The van der Waals surface area contributed by atoms with Gasteiger partial charge in [-0.05, 0) is 59.4 Å². The van der Waals surface area contributed by atoms with Crippen molar-refractivity contribution >= 4 is 43.4 Å². The Morgan fingerprint density at radius 3 is 1.98 bits per heavy atom. The smallest absolute Gasteiger partial charge is 0.228 e. The van der Waals surface area contributed by atoms with Crippen LogP contribution in [0.1, 0.15) is 31.9 Å². The molecular formula is C38H33N2O+. The Balaban J connectivity index is 1.50. The summed E-state index contributed by atoms with van der Waals surface area (Å²) in [4.78, 5) is 0. The second-order valence-electron chi connectivity index (χ2n) is 12.7. The third-order valence-electron chi connectivity index (χ3n) is 8.75. The van der Waals surface area contributed by atoms with E-state index in [2.05, 4.69) is 141 Å². The van der Waals surface area contributed by atoms with E-state index in [4.69, 9.17) is 4.74 Å². The summed E-state index contributed by atoms with van der Waals surface area (Å²) in [6, 6.07) is 32.9. The lowest BCUT2D eigenvalue weighted by molar-refractivity contribution is -0.659. The summed E-state index contributed by atoms with van der Waals surface area (Å²) in [6.07, 6.45) is 3.15. The van der Waals surface area contributed by atoms with E-state index in [1.54, 1.807) is 0 Å². The topological polar surface area (TPSA) is 18.0 Å². The Hall–Kier alpha value is -4.63. The number of benzene rings is 5. The number of fused-ring (bicyclic) bond motifs is 6. The van der Waals surface area contributed by atoms with Gasteiger partial charge in [0, 0.05) is 27.8 Å². The van der Waals surface area contributed by atoms with Crippen molar-refractivity contribution in [3.05, 3.63) is 108 Å². The molecule has 1 aliphatic rings. The summed E-state index contributed by atoms with van der Waals surface area (Å²) in [6.45, 7) is 9.18. The molecule has 0 amide bonds. The second kappa shape index (κ2) is 8.44. The fourth-order valence-corrected chi connectivity index (χ4v) is 7.07. The van der Waals surface area contributed by atoms with E-state index >= 15 is 0 Å². The first-order chi connectivity index (χ1) is 19.8. The van der Waals surface area contributed by atoms with Crippen LogP contribution in [0.3, 0.4) is 0 Å². The lowest BCUT2D eigenvalue weighted by Crippen LogP contribution is -2.32. The molecule has 0 radical (unpaired) electrons. The van der Waals surface area contributed by atoms with Crippen molar-refractivity contribution in [1.82, 2.24) is 4.57 Å². The van der Waals surface area contributed by atoms with Gasteiger partial charge in [0.2, 0.25) is 5.69 Å². The van der Waals surface area contributed by atoms with Crippen LogP contribution in [-0.4, -0.2) is 4.57 Å². The molecule has 0 atom stereocenters. The average molecular weight is 534 g/mol. The number of aromatic nitrogens is 2. The van der Waals surface area contributed by atoms with Crippen molar-refractivity contribution in [2.45, 2.75) is 34.1 Å². The maximum atomic E-state index is 7.00. The molecule has 41 heavy (non-hydrogen) atoms. The molecule has 0 aliphatic carbocycles. The minimum atomic E-state index is 0.115. The molecule has 0 unspecified atom stereocenters. The Morgan fingerprint density at radius 2 is 1.32 bits per heavy atom. The van der Waals surface area contributed by atoms with Gasteiger partial charge in [0.25, 0.3) is 0 Å². The minimum absolute atomic E-state index is 0.115. The van der Waals surface area contributed by atoms with Crippen LogP contribution in [0, 0.1) is 12.3 Å². The third-order valence-corrected chi connectivity index (χ3v) is 8.75. The third kappa shape index (κ3) is 3.42. The van der Waals surface area contributed by atoms with Gasteiger partial charge >= 0.3 is 0 Å². The zero-order valence-corrected chi connectivity index (χ0v) is 24.2. The highest BCUT2D eigenvalue weighted by molar-refractivity contribution is 6.13. The highest BCUT2D eigenvalue weighted by atomic mass is 16.5. The normalized spacial score (nSPS) is 12.8. The van der Waals surface area contributed by atoms with Gasteiger partial charge in [0.05, 0.1) is 27.7 Å². The first-order valence-electron chi connectivity index (χ1n) is 14.5. The van der Waals surface area contributed by atoms with Gasteiger partial charge in [-0.1, -0.05) is 81.4 Å². The van der Waals surface area contributed by atoms with Crippen molar-refractivity contribution in [3.63, 3.8) is 0 Å². The van der Waals surface area contributed by atoms with Gasteiger partial charge in [-0.2, -0.15) is 0 Å². The molecule has 200 valence electrons. The van der Waals surface area contributed by atoms with Crippen molar-refractivity contribution in [2.75, 3.05) is 0 Å². The van der Waals surface area contributed by atoms with Crippen molar-refractivity contribution in [1.29, 1.82) is 0 Å². The monoisotopic (exact) mass is 533 g/mol. The molecule has 1 aliphatic heterocycles. The molecule has 3 nitrogen and oxygen atoms in total. The SMILES string of the molecule is Cc1c2c(c(CC(C)(C)C)c3ccccc13)Oc1ccc(-n3c4ccccc4c4ccccc43)c3cc[n+](C)c-2c13. The van der Waals surface area contributed by atoms with Crippen LogP contribution in [0.15, 0.2) is 97.2 Å². The van der Waals surface area contributed by atoms with E-state index in [-0.39, 0.29) is 5.41 Å². The van der Waals surface area contributed by atoms with Crippen molar-refractivity contribution in [2.24, 2.45) is 12.5 Å². The molecule has 8 rings (SSSR count). The lowest BCUT2D eigenvalue weighted by atomic mass is 9.81. The van der Waals surface area contributed by atoms with Gasteiger partial charge in [0.1, 0.15) is 18.5 Å². The summed E-state index contributed by atoms with van der Waals surface area (Å²) >= 11 is 0. The Bertz CT molecular complexity index is 2160. The van der Waals surface area contributed by atoms with Gasteiger partial charge in [-0.15, -0.1) is 0 Å². The number of pyridine rings is 1. The summed E-state index contributed by atoms with van der Waals surface area (Å²) in [5.41, 5.74) is 8.71. The van der Waals surface area contributed by atoms with Crippen LogP contribution in [0.5, 0.6) is 11.5 Å². The molecule has 5 aromatic carbocycles. The summed E-state index contributed by atoms with van der Waals surface area (Å²) in [5.74, 6) is 1.93. The Labute approximate surface area is 240 Å². The number of rotatable bonds is 2. The van der Waals surface area contributed by atoms with Crippen LogP contribution in [0.4, 0.5) is 0 Å². The summed E-state index contributed by atoms with van der Waals surface area (Å²) in [5, 5.41) is 7.49. The molecular weight excluding hydrogens is 500 g/mol. The molecule has 0 saturated carbocycles. The first-order valence-corrected chi connectivity index (χ1v) is 14.5. The standard InChI is InChI=1S/C38H33N2O/c1-23-24-12-6-7-13-25(24)29(22-38(2,3)4)37-34(23)36-35-28(20-21-39(36)5)32(18-19-33(35)41-37)40-30-16-10-8-14-26(30)27-15-9-11-17-31(27)40/h6-21H,22H2,1-5H3/q+1. The van der Waals surface area contributed by atoms with Gasteiger partial charge < -0.3 is 9.30 Å². The quantitative estimate of drug-likeness (QED) is 0.202. The number of aryl methyl sites for hydroxylation is 2. The summed E-state index contributed by atoms with van der Waals surface area (Å²) in [7, 11) is 2.17. The Morgan fingerprint density at radius 1 is 0.707 bits per heavy atom.